The Morgan fingerprint density at radius 3 is 2.59 bits per heavy atom. The van der Waals surface area contributed by atoms with Crippen molar-refractivity contribution in [1.82, 2.24) is 9.80 Å². The molecule has 2 unspecified atom stereocenters. The number of likely N-dealkylation sites (N-methyl/N-ethyl adjacent to an activating group) is 1. The second-order valence-electron chi connectivity index (χ2n) is 6.63. The topological polar surface area (TPSA) is 32.5 Å². The summed E-state index contributed by atoms with van der Waals surface area (Å²) in [4.78, 5) is 5.35. The lowest BCUT2D eigenvalue weighted by Crippen LogP contribution is -2.49. The first kappa shape index (κ1) is 11.9. The van der Waals surface area contributed by atoms with Crippen molar-refractivity contribution in [2.75, 3.05) is 33.2 Å². The Balaban J connectivity index is 1.61. The predicted octanol–water partition coefficient (Wildman–Crippen LogP) is 1.28. The molecule has 2 aliphatic heterocycles. The quantitative estimate of drug-likeness (QED) is 0.803. The normalized spacial score (nSPS) is 37.8. The molecule has 0 radical (unpaired) electrons. The van der Waals surface area contributed by atoms with E-state index in [-0.39, 0.29) is 0 Å². The SMILES string of the molecule is CN1C2CCC1CN(CC1(CN)CCC1)CC2. The number of fused-ring (bicyclic) bond motifs is 2. The maximum atomic E-state index is 5.99. The van der Waals surface area contributed by atoms with E-state index in [0.29, 0.717) is 5.41 Å². The first-order valence-corrected chi connectivity index (χ1v) is 7.37. The molecule has 2 bridgehead atoms. The lowest BCUT2D eigenvalue weighted by atomic mass is 9.68. The van der Waals surface area contributed by atoms with E-state index in [2.05, 4.69) is 16.8 Å². The van der Waals surface area contributed by atoms with Gasteiger partial charge in [0.2, 0.25) is 0 Å². The Morgan fingerprint density at radius 1 is 1.18 bits per heavy atom. The highest BCUT2D eigenvalue weighted by Gasteiger charge is 2.40. The van der Waals surface area contributed by atoms with Crippen LogP contribution in [0.3, 0.4) is 0 Å². The Hall–Kier alpha value is -0.120. The molecule has 0 aromatic heterocycles. The monoisotopic (exact) mass is 237 g/mol. The molecule has 0 aromatic rings. The molecular formula is C14H27N3. The third-order valence-electron chi connectivity index (χ3n) is 5.64. The summed E-state index contributed by atoms with van der Waals surface area (Å²) < 4.78 is 0. The van der Waals surface area contributed by atoms with E-state index in [9.17, 15) is 0 Å². The number of hydrogen-bond acceptors (Lipinski definition) is 3. The molecule has 3 nitrogen and oxygen atoms in total. The molecule has 0 amide bonds. The standard InChI is InChI=1S/C14H27N3/c1-16-12-3-4-13(16)9-17(8-5-12)11-14(10-15)6-2-7-14/h12-13H,2-11,15H2,1H3. The molecule has 2 atom stereocenters. The third-order valence-corrected chi connectivity index (χ3v) is 5.64. The van der Waals surface area contributed by atoms with Crippen LogP contribution in [0.4, 0.5) is 0 Å². The van der Waals surface area contributed by atoms with Crippen molar-refractivity contribution in [1.29, 1.82) is 0 Å². The molecule has 2 heterocycles. The van der Waals surface area contributed by atoms with Gasteiger partial charge in [0.15, 0.2) is 0 Å². The van der Waals surface area contributed by atoms with E-state index in [0.717, 1.165) is 18.6 Å². The molecule has 3 fully saturated rings. The molecule has 1 saturated carbocycles. The van der Waals surface area contributed by atoms with Crippen LogP contribution in [0, 0.1) is 5.41 Å². The van der Waals surface area contributed by atoms with Crippen LogP contribution >= 0.6 is 0 Å². The zero-order valence-electron chi connectivity index (χ0n) is 11.2. The number of hydrogen-bond donors (Lipinski definition) is 1. The molecule has 2 saturated heterocycles. The van der Waals surface area contributed by atoms with Crippen molar-refractivity contribution in [3.8, 4) is 0 Å². The highest BCUT2D eigenvalue weighted by molar-refractivity contribution is 4.95. The summed E-state index contributed by atoms with van der Waals surface area (Å²) in [5.74, 6) is 0. The molecule has 3 aliphatic rings. The molecule has 98 valence electrons. The molecule has 1 aliphatic carbocycles. The lowest BCUT2D eigenvalue weighted by molar-refractivity contribution is 0.0699. The molecule has 17 heavy (non-hydrogen) atoms. The Morgan fingerprint density at radius 2 is 1.94 bits per heavy atom. The van der Waals surface area contributed by atoms with Crippen LogP contribution in [0.25, 0.3) is 0 Å². The molecule has 3 heteroatoms. The van der Waals surface area contributed by atoms with Crippen molar-refractivity contribution < 1.29 is 0 Å². The predicted molar refractivity (Wildman–Crippen MR) is 71.0 cm³/mol. The molecule has 0 spiro atoms. The zero-order chi connectivity index (χ0) is 11.9. The third kappa shape index (κ3) is 2.13. The van der Waals surface area contributed by atoms with Gasteiger partial charge in [0.25, 0.3) is 0 Å². The van der Waals surface area contributed by atoms with Gasteiger partial charge < -0.3 is 10.6 Å². The van der Waals surface area contributed by atoms with E-state index in [1.165, 1.54) is 58.2 Å². The summed E-state index contributed by atoms with van der Waals surface area (Å²) in [5.41, 5.74) is 6.48. The minimum Gasteiger partial charge on any atom is -0.330 e. The first-order valence-electron chi connectivity index (χ1n) is 7.37. The highest BCUT2D eigenvalue weighted by Crippen LogP contribution is 2.41. The minimum atomic E-state index is 0.488. The maximum Gasteiger partial charge on any atom is 0.0223 e. The Bertz CT molecular complexity index is 269. The van der Waals surface area contributed by atoms with Crippen LogP contribution in [0.1, 0.15) is 38.5 Å². The van der Waals surface area contributed by atoms with Crippen LogP contribution in [0.5, 0.6) is 0 Å². The highest BCUT2D eigenvalue weighted by atomic mass is 15.3. The number of likely N-dealkylation sites (tertiary alicyclic amines) is 1. The fourth-order valence-electron chi connectivity index (χ4n) is 4.10. The zero-order valence-corrected chi connectivity index (χ0v) is 11.2. The van der Waals surface area contributed by atoms with Crippen molar-refractivity contribution >= 4 is 0 Å². The minimum absolute atomic E-state index is 0.488. The second-order valence-corrected chi connectivity index (χ2v) is 6.63. The van der Waals surface area contributed by atoms with Crippen molar-refractivity contribution in [3.63, 3.8) is 0 Å². The van der Waals surface area contributed by atoms with Crippen LogP contribution in [-0.2, 0) is 0 Å². The molecular weight excluding hydrogens is 210 g/mol. The van der Waals surface area contributed by atoms with Gasteiger partial charge in [-0.1, -0.05) is 6.42 Å². The van der Waals surface area contributed by atoms with Gasteiger partial charge in [-0.05, 0) is 57.7 Å². The fraction of sp³-hybridized carbons (Fsp3) is 1.00. The molecule has 3 rings (SSSR count). The van der Waals surface area contributed by atoms with E-state index in [4.69, 9.17) is 5.73 Å². The van der Waals surface area contributed by atoms with Gasteiger partial charge in [0.1, 0.15) is 0 Å². The largest absolute Gasteiger partial charge is 0.330 e. The summed E-state index contributed by atoms with van der Waals surface area (Å²) in [6.45, 7) is 4.75. The average molecular weight is 237 g/mol. The van der Waals surface area contributed by atoms with E-state index >= 15 is 0 Å². The Kier molecular flexibility index (Phi) is 3.18. The van der Waals surface area contributed by atoms with Gasteiger partial charge >= 0.3 is 0 Å². The summed E-state index contributed by atoms with van der Waals surface area (Å²) >= 11 is 0. The lowest BCUT2D eigenvalue weighted by Gasteiger charge is -2.44. The summed E-state index contributed by atoms with van der Waals surface area (Å²) in [6.07, 6.45) is 8.34. The van der Waals surface area contributed by atoms with Crippen LogP contribution in [0.2, 0.25) is 0 Å². The maximum absolute atomic E-state index is 5.99. The summed E-state index contributed by atoms with van der Waals surface area (Å²) in [5, 5.41) is 0. The number of rotatable bonds is 3. The first-order chi connectivity index (χ1) is 8.22. The number of nitrogens with two attached hydrogens (primary N) is 1. The van der Waals surface area contributed by atoms with Crippen molar-refractivity contribution in [2.24, 2.45) is 11.1 Å². The smallest absolute Gasteiger partial charge is 0.0223 e. The van der Waals surface area contributed by atoms with Gasteiger partial charge in [-0.15, -0.1) is 0 Å². The van der Waals surface area contributed by atoms with E-state index in [1.54, 1.807) is 0 Å². The van der Waals surface area contributed by atoms with Crippen molar-refractivity contribution in [3.05, 3.63) is 0 Å². The van der Waals surface area contributed by atoms with Gasteiger partial charge in [-0.25, -0.2) is 0 Å². The summed E-state index contributed by atoms with van der Waals surface area (Å²) in [7, 11) is 2.33. The second kappa shape index (κ2) is 4.52. The average Bonchev–Trinajstić information content (AvgIpc) is 2.51. The molecule has 2 N–H and O–H groups in total. The van der Waals surface area contributed by atoms with Gasteiger partial charge in [-0.2, -0.15) is 0 Å². The van der Waals surface area contributed by atoms with E-state index in [1.807, 2.05) is 0 Å². The molecule has 0 aromatic carbocycles. The van der Waals surface area contributed by atoms with E-state index < -0.39 is 0 Å². The van der Waals surface area contributed by atoms with Crippen LogP contribution < -0.4 is 5.73 Å². The van der Waals surface area contributed by atoms with Gasteiger partial charge in [0, 0.05) is 25.2 Å². The van der Waals surface area contributed by atoms with Gasteiger partial charge in [-0.3, -0.25) is 4.90 Å². The van der Waals surface area contributed by atoms with Crippen LogP contribution in [-0.4, -0.2) is 55.1 Å². The fourth-order valence-corrected chi connectivity index (χ4v) is 4.10. The van der Waals surface area contributed by atoms with Crippen molar-refractivity contribution in [2.45, 2.75) is 50.6 Å². The van der Waals surface area contributed by atoms with Crippen LogP contribution in [0.15, 0.2) is 0 Å². The summed E-state index contributed by atoms with van der Waals surface area (Å²) in [6, 6.07) is 1.68. The van der Waals surface area contributed by atoms with Gasteiger partial charge in [0.05, 0.1) is 0 Å². The Labute approximate surface area is 105 Å². The number of nitrogens with zero attached hydrogens (tertiary/aromatic N) is 2.